The van der Waals surface area contributed by atoms with Crippen LogP contribution in [0.4, 0.5) is 13.2 Å². The fourth-order valence-electron chi connectivity index (χ4n) is 3.46. The van der Waals surface area contributed by atoms with Crippen LogP contribution in [0.3, 0.4) is 0 Å². The zero-order chi connectivity index (χ0) is 18.2. The van der Waals surface area contributed by atoms with E-state index in [0.717, 1.165) is 23.3 Å². The molecule has 1 aliphatic rings. The predicted octanol–water partition coefficient (Wildman–Crippen LogP) is 5.80. The Morgan fingerprint density at radius 3 is 2.08 bits per heavy atom. The molecule has 0 saturated heterocycles. The molecular weight excluding hydrogens is 325 g/mol. The molecule has 25 heavy (non-hydrogen) atoms. The number of carbonyl (C=O) groups excluding carboxylic acids is 1. The maximum atomic E-state index is 12.8. The van der Waals surface area contributed by atoms with E-state index in [9.17, 15) is 18.0 Å². The number of benzene rings is 2. The van der Waals surface area contributed by atoms with E-state index in [1.807, 2.05) is 37.3 Å². The van der Waals surface area contributed by atoms with Crippen LogP contribution in [0.15, 0.2) is 60.2 Å². The van der Waals surface area contributed by atoms with E-state index in [-0.39, 0.29) is 11.2 Å². The molecule has 2 aromatic carbocycles. The summed E-state index contributed by atoms with van der Waals surface area (Å²) in [6.07, 6.45) is -3.32. The number of hydrogen-bond donors (Lipinski definition) is 0. The lowest BCUT2D eigenvalue weighted by molar-refractivity contribution is -0.137. The zero-order valence-electron chi connectivity index (χ0n) is 14.2. The van der Waals surface area contributed by atoms with E-state index in [1.54, 1.807) is 6.92 Å². The highest BCUT2D eigenvalue weighted by atomic mass is 19.4. The summed E-state index contributed by atoms with van der Waals surface area (Å²) in [7, 11) is 0. The van der Waals surface area contributed by atoms with Crippen molar-refractivity contribution in [2.45, 2.75) is 38.3 Å². The lowest BCUT2D eigenvalue weighted by Gasteiger charge is -2.35. The second-order valence-electron chi connectivity index (χ2n) is 6.88. The maximum absolute atomic E-state index is 12.8. The quantitative estimate of drug-likeness (QED) is 0.673. The van der Waals surface area contributed by atoms with Gasteiger partial charge < -0.3 is 0 Å². The Morgan fingerprint density at radius 1 is 0.920 bits per heavy atom. The van der Waals surface area contributed by atoms with Crippen LogP contribution in [0.5, 0.6) is 0 Å². The molecule has 0 amide bonds. The lowest BCUT2D eigenvalue weighted by Crippen LogP contribution is -2.31. The van der Waals surface area contributed by atoms with Crippen molar-refractivity contribution in [3.8, 4) is 0 Å². The van der Waals surface area contributed by atoms with Gasteiger partial charge in [0.1, 0.15) is 0 Å². The first-order chi connectivity index (χ1) is 11.7. The van der Waals surface area contributed by atoms with Crippen LogP contribution in [0.25, 0.3) is 5.57 Å². The maximum Gasteiger partial charge on any atom is 0.416 e. The third kappa shape index (κ3) is 3.39. The first-order valence-corrected chi connectivity index (χ1v) is 8.17. The van der Waals surface area contributed by atoms with Gasteiger partial charge in [-0.05, 0) is 47.8 Å². The SMILES string of the molecule is CC1=C(c2ccc(C(F)(F)F)cc2)CC(C)(c2ccccc2)CC1=O. The normalized spacial score (nSPS) is 21.6. The van der Waals surface area contributed by atoms with Gasteiger partial charge in [0, 0.05) is 11.8 Å². The molecule has 1 unspecified atom stereocenters. The first kappa shape index (κ1) is 17.5. The highest BCUT2D eigenvalue weighted by molar-refractivity contribution is 6.04. The number of Topliss-reactive ketones (excluding diaryl/α,β-unsaturated/α-hetero) is 1. The van der Waals surface area contributed by atoms with Crippen LogP contribution < -0.4 is 0 Å². The smallest absolute Gasteiger partial charge is 0.295 e. The van der Waals surface area contributed by atoms with E-state index in [0.29, 0.717) is 24.0 Å². The summed E-state index contributed by atoms with van der Waals surface area (Å²) in [5, 5.41) is 0. The predicted molar refractivity (Wildman–Crippen MR) is 92.1 cm³/mol. The largest absolute Gasteiger partial charge is 0.416 e. The van der Waals surface area contributed by atoms with Crippen LogP contribution in [0, 0.1) is 0 Å². The van der Waals surface area contributed by atoms with Gasteiger partial charge in [0.2, 0.25) is 0 Å². The molecule has 0 saturated carbocycles. The molecule has 4 heteroatoms. The summed E-state index contributed by atoms with van der Waals surface area (Å²) in [4.78, 5) is 12.6. The molecule has 0 aliphatic heterocycles. The number of rotatable bonds is 2. The average molecular weight is 344 g/mol. The molecule has 0 bridgehead atoms. The summed E-state index contributed by atoms with van der Waals surface area (Å²) in [5.41, 5.74) is 2.20. The summed E-state index contributed by atoms with van der Waals surface area (Å²) in [6.45, 7) is 3.80. The van der Waals surface area contributed by atoms with Crippen LogP contribution in [0.1, 0.15) is 43.4 Å². The van der Waals surface area contributed by atoms with Crippen molar-refractivity contribution in [3.05, 3.63) is 76.9 Å². The third-order valence-corrected chi connectivity index (χ3v) is 5.02. The summed E-state index contributed by atoms with van der Waals surface area (Å²) in [5.74, 6) is 0.0486. The molecule has 130 valence electrons. The molecule has 0 heterocycles. The number of ketones is 1. The van der Waals surface area contributed by atoms with Gasteiger partial charge in [-0.25, -0.2) is 0 Å². The molecule has 1 aliphatic carbocycles. The van der Waals surface area contributed by atoms with Gasteiger partial charge in [0.25, 0.3) is 0 Å². The summed E-state index contributed by atoms with van der Waals surface area (Å²) >= 11 is 0. The molecule has 0 radical (unpaired) electrons. The van der Waals surface area contributed by atoms with Gasteiger partial charge in [0.15, 0.2) is 5.78 Å². The molecular formula is C21H19F3O. The zero-order valence-corrected chi connectivity index (χ0v) is 14.2. The molecule has 0 spiro atoms. The van der Waals surface area contributed by atoms with E-state index < -0.39 is 11.7 Å². The summed E-state index contributed by atoms with van der Waals surface area (Å²) in [6, 6.07) is 14.9. The van der Waals surface area contributed by atoms with Crippen molar-refractivity contribution in [1.29, 1.82) is 0 Å². The Kier molecular flexibility index (Phi) is 4.31. The minimum atomic E-state index is -4.36. The first-order valence-electron chi connectivity index (χ1n) is 8.17. The second kappa shape index (κ2) is 6.17. The van der Waals surface area contributed by atoms with Crippen LogP contribution in [-0.4, -0.2) is 5.78 Å². The fourth-order valence-corrected chi connectivity index (χ4v) is 3.46. The molecule has 2 aromatic rings. The Hall–Kier alpha value is -2.36. The Balaban J connectivity index is 2.00. The highest BCUT2D eigenvalue weighted by Crippen LogP contribution is 2.44. The molecule has 1 atom stereocenters. The van der Waals surface area contributed by atoms with Crippen molar-refractivity contribution in [2.24, 2.45) is 0 Å². The van der Waals surface area contributed by atoms with Crippen molar-refractivity contribution >= 4 is 11.4 Å². The van der Waals surface area contributed by atoms with Crippen LogP contribution in [-0.2, 0) is 16.4 Å². The van der Waals surface area contributed by atoms with Gasteiger partial charge in [0.05, 0.1) is 5.56 Å². The standard InChI is InChI=1S/C21H19F3O/c1-14-18(15-8-10-17(11-9-15)21(22,23)24)12-20(2,13-19(14)25)16-6-4-3-5-7-16/h3-11H,12-13H2,1-2H3. The highest BCUT2D eigenvalue weighted by Gasteiger charge is 2.37. The van der Waals surface area contributed by atoms with E-state index in [2.05, 4.69) is 0 Å². The van der Waals surface area contributed by atoms with Gasteiger partial charge >= 0.3 is 6.18 Å². The van der Waals surface area contributed by atoms with Crippen LogP contribution in [0.2, 0.25) is 0 Å². The van der Waals surface area contributed by atoms with E-state index in [1.165, 1.54) is 12.1 Å². The Labute approximate surface area is 145 Å². The van der Waals surface area contributed by atoms with Crippen molar-refractivity contribution in [3.63, 3.8) is 0 Å². The van der Waals surface area contributed by atoms with Gasteiger partial charge in [-0.15, -0.1) is 0 Å². The van der Waals surface area contributed by atoms with Crippen molar-refractivity contribution < 1.29 is 18.0 Å². The van der Waals surface area contributed by atoms with E-state index in [4.69, 9.17) is 0 Å². The summed E-state index contributed by atoms with van der Waals surface area (Å²) < 4.78 is 38.3. The minimum Gasteiger partial charge on any atom is -0.295 e. The molecule has 0 aromatic heterocycles. The minimum absolute atomic E-state index is 0.0486. The van der Waals surface area contributed by atoms with E-state index >= 15 is 0 Å². The molecule has 0 N–H and O–H groups in total. The Bertz CT molecular complexity index is 816. The van der Waals surface area contributed by atoms with Crippen molar-refractivity contribution in [2.75, 3.05) is 0 Å². The molecule has 3 rings (SSSR count). The Morgan fingerprint density at radius 2 is 1.52 bits per heavy atom. The van der Waals surface area contributed by atoms with Gasteiger partial charge in [-0.3, -0.25) is 4.79 Å². The second-order valence-corrected chi connectivity index (χ2v) is 6.88. The molecule has 0 fully saturated rings. The number of carbonyl (C=O) groups is 1. The van der Waals surface area contributed by atoms with Crippen molar-refractivity contribution in [1.82, 2.24) is 0 Å². The fraction of sp³-hybridized carbons (Fsp3) is 0.286. The number of halogens is 3. The number of allylic oxidation sites excluding steroid dienone is 2. The topological polar surface area (TPSA) is 17.1 Å². The third-order valence-electron chi connectivity index (χ3n) is 5.02. The van der Waals surface area contributed by atoms with Crippen LogP contribution >= 0.6 is 0 Å². The molecule has 1 nitrogen and oxygen atoms in total. The lowest BCUT2D eigenvalue weighted by atomic mass is 9.67. The number of hydrogen-bond acceptors (Lipinski definition) is 1. The average Bonchev–Trinajstić information content (AvgIpc) is 2.58. The van der Waals surface area contributed by atoms with Gasteiger partial charge in [-0.1, -0.05) is 49.4 Å². The monoisotopic (exact) mass is 344 g/mol. The number of alkyl halides is 3. The van der Waals surface area contributed by atoms with Gasteiger partial charge in [-0.2, -0.15) is 13.2 Å².